The van der Waals surface area contributed by atoms with Gasteiger partial charge in [0.05, 0.1) is 5.92 Å². The Morgan fingerprint density at radius 2 is 1.84 bits per heavy atom. The van der Waals surface area contributed by atoms with Crippen molar-refractivity contribution in [2.75, 3.05) is 13.1 Å². The van der Waals surface area contributed by atoms with E-state index in [9.17, 15) is 4.79 Å². The first-order valence-electron chi connectivity index (χ1n) is 8.45. The van der Waals surface area contributed by atoms with Crippen molar-refractivity contribution < 1.29 is 9.21 Å². The summed E-state index contributed by atoms with van der Waals surface area (Å²) in [4.78, 5) is 14.4. The molecule has 0 saturated carbocycles. The molecule has 2 aromatic carbocycles. The van der Waals surface area contributed by atoms with Crippen LogP contribution in [-0.4, -0.2) is 34.1 Å². The molecule has 25 heavy (non-hydrogen) atoms. The lowest BCUT2D eigenvalue weighted by molar-refractivity contribution is 0.0790. The van der Waals surface area contributed by atoms with Crippen molar-refractivity contribution in [3.63, 3.8) is 0 Å². The Labute approximate surface area is 146 Å². The van der Waals surface area contributed by atoms with Crippen molar-refractivity contribution in [1.29, 1.82) is 0 Å². The molecule has 3 aromatic rings. The average Bonchev–Trinajstić information content (AvgIpc) is 3.32. The van der Waals surface area contributed by atoms with Gasteiger partial charge in [-0.1, -0.05) is 35.9 Å². The van der Waals surface area contributed by atoms with Gasteiger partial charge in [-0.05, 0) is 37.6 Å². The van der Waals surface area contributed by atoms with Gasteiger partial charge in [-0.15, -0.1) is 10.2 Å². The monoisotopic (exact) mass is 333 g/mol. The van der Waals surface area contributed by atoms with E-state index in [1.54, 1.807) is 0 Å². The minimum absolute atomic E-state index is 0.0568. The Hall–Kier alpha value is -2.95. The van der Waals surface area contributed by atoms with Gasteiger partial charge in [-0.2, -0.15) is 0 Å². The van der Waals surface area contributed by atoms with Crippen molar-refractivity contribution in [1.82, 2.24) is 15.1 Å². The van der Waals surface area contributed by atoms with Crippen LogP contribution in [0.3, 0.4) is 0 Å². The van der Waals surface area contributed by atoms with Crippen molar-refractivity contribution in [3.8, 4) is 11.5 Å². The molecule has 5 heteroatoms. The van der Waals surface area contributed by atoms with Crippen molar-refractivity contribution in [2.24, 2.45) is 0 Å². The summed E-state index contributed by atoms with van der Waals surface area (Å²) in [6.07, 6.45) is 0.841. The fraction of sp³-hybridized carbons (Fsp3) is 0.250. The molecule has 1 saturated heterocycles. The minimum Gasteiger partial charge on any atom is -0.420 e. The third-order valence-corrected chi connectivity index (χ3v) is 4.58. The molecular weight excluding hydrogens is 314 g/mol. The van der Waals surface area contributed by atoms with Crippen LogP contribution in [0.4, 0.5) is 0 Å². The lowest BCUT2D eigenvalue weighted by Gasteiger charge is -2.15. The van der Waals surface area contributed by atoms with Crippen LogP contribution >= 0.6 is 0 Å². The highest BCUT2D eigenvalue weighted by atomic mass is 16.4. The largest absolute Gasteiger partial charge is 0.420 e. The summed E-state index contributed by atoms with van der Waals surface area (Å²) < 4.78 is 5.87. The van der Waals surface area contributed by atoms with Gasteiger partial charge in [0, 0.05) is 24.2 Å². The third-order valence-electron chi connectivity index (χ3n) is 4.58. The Bertz CT molecular complexity index is 871. The number of aromatic nitrogens is 2. The predicted octanol–water partition coefficient (Wildman–Crippen LogP) is 3.67. The molecule has 2 heterocycles. The number of amides is 1. The summed E-state index contributed by atoms with van der Waals surface area (Å²) >= 11 is 0. The van der Waals surface area contributed by atoms with Crippen LogP contribution in [0.1, 0.15) is 34.2 Å². The molecular formula is C20H19N3O2. The molecule has 1 fully saturated rings. The Morgan fingerprint density at radius 3 is 2.60 bits per heavy atom. The van der Waals surface area contributed by atoms with Crippen LogP contribution in [0.2, 0.25) is 0 Å². The van der Waals surface area contributed by atoms with Gasteiger partial charge in [0.1, 0.15) is 0 Å². The van der Waals surface area contributed by atoms with Crippen molar-refractivity contribution in [2.45, 2.75) is 19.3 Å². The number of carbonyl (C=O) groups excluding carboxylic acids is 1. The lowest BCUT2D eigenvalue weighted by Crippen LogP contribution is -2.28. The van der Waals surface area contributed by atoms with Gasteiger partial charge in [-0.3, -0.25) is 4.79 Å². The summed E-state index contributed by atoms with van der Waals surface area (Å²) in [6, 6.07) is 17.4. The molecule has 1 aromatic heterocycles. The summed E-state index contributed by atoms with van der Waals surface area (Å²) in [5.74, 6) is 1.29. The molecule has 0 spiro atoms. The molecule has 0 N–H and O–H groups in total. The van der Waals surface area contributed by atoms with Crippen LogP contribution in [-0.2, 0) is 0 Å². The first kappa shape index (κ1) is 15.6. The fourth-order valence-corrected chi connectivity index (χ4v) is 3.12. The summed E-state index contributed by atoms with van der Waals surface area (Å²) in [7, 11) is 0. The zero-order valence-corrected chi connectivity index (χ0v) is 14.1. The summed E-state index contributed by atoms with van der Waals surface area (Å²) in [5, 5.41) is 8.38. The number of benzene rings is 2. The van der Waals surface area contributed by atoms with Gasteiger partial charge in [0.25, 0.3) is 5.91 Å². The maximum atomic E-state index is 12.5. The number of aryl methyl sites for hydroxylation is 1. The SMILES string of the molecule is Cc1ccc(-c2nnc(C3CCN(C(=O)c4ccccc4)C3)o2)cc1. The molecule has 0 bridgehead atoms. The van der Waals surface area contributed by atoms with Gasteiger partial charge in [-0.25, -0.2) is 0 Å². The highest BCUT2D eigenvalue weighted by Gasteiger charge is 2.31. The molecule has 0 aliphatic carbocycles. The minimum atomic E-state index is 0.0568. The van der Waals surface area contributed by atoms with E-state index < -0.39 is 0 Å². The first-order valence-corrected chi connectivity index (χ1v) is 8.45. The van der Waals surface area contributed by atoms with E-state index in [0.29, 0.717) is 30.4 Å². The topological polar surface area (TPSA) is 59.2 Å². The highest BCUT2D eigenvalue weighted by molar-refractivity contribution is 5.94. The van der Waals surface area contributed by atoms with Crippen molar-refractivity contribution in [3.05, 3.63) is 71.6 Å². The molecule has 1 aliphatic rings. The molecule has 1 unspecified atom stereocenters. The van der Waals surface area contributed by atoms with E-state index in [2.05, 4.69) is 10.2 Å². The maximum absolute atomic E-state index is 12.5. The van der Waals surface area contributed by atoms with E-state index in [-0.39, 0.29) is 11.8 Å². The average molecular weight is 333 g/mol. The smallest absolute Gasteiger partial charge is 0.253 e. The number of nitrogens with zero attached hydrogens (tertiary/aromatic N) is 3. The van der Waals surface area contributed by atoms with Crippen LogP contribution in [0.25, 0.3) is 11.5 Å². The number of hydrogen-bond donors (Lipinski definition) is 0. The molecule has 1 atom stereocenters. The van der Waals surface area contributed by atoms with Gasteiger partial charge in [0.2, 0.25) is 11.8 Å². The zero-order valence-electron chi connectivity index (χ0n) is 14.1. The summed E-state index contributed by atoms with van der Waals surface area (Å²) in [6.45, 7) is 3.36. The fourth-order valence-electron chi connectivity index (χ4n) is 3.12. The standard InChI is InChI=1S/C20H19N3O2/c1-14-7-9-15(10-8-14)18-21-22-19(25-18)17-11-12-23(13-17)20(24)16-5-3-2-4-6-16/h2-10,17H,11-13H2,1H3. The quantitative estimate of drug-likeness (QED) is 0.734. The number of rotatable bonds is 3. The molecule has 1 amide bonds. The van der Waals surface area contributed by atoms with E-state index in [1.165, 1.54) is 5.56 Å². The van der Waals surface area contributed by atoms with Gasteiger partial charge < -0.3 is 9.32 Å². The van der Waals surface area contributed by atoms with Gasteiger partial charge in [0.15, 0.2) is 0 Å². The molecule has 126 valence electrons. The van der Waals surface area contributed by atoms with Crippen LogP contribution in [0, 0.1) is 6.92 Å². The molecule has 4 rings (SSSR count). The zero-order chi connectivity index (χ0) is 17.2. The van der Waals surface area contributed by atoms with Crippen LogP contribution in [0.15, 0.2) is 59.0 Å². The third kappa shape index (κ3) is 3.18. The van der Waals surface area contributed by atoms with Crippen molar-refractivity contribution >= 4 is 5.91 Å². The van der Waals surface area contributed by atoms with Gasteiger partial charge >= 0.3 is 0 Å². The predicted molar refractivity (Wildman–Crippen MR) is 94.2 cm³/mol. The summed E-state index contributed by atoms with van der Waals surface area (Å²) in [5.41, 5.74) is 2.82. The number of carbonyl (C=O) groups is 1. The number of likely N-dealkylation sites (tertiary alicyclic amines) is 1. The molecule has 5 nitrogen and oxygen atoms in total. The second-order valence-corrected chi connectivity index (χ2v) is 6.41. The first-order chi connectivity index (χ1) is 12.2. The highest BCUT2D eigenvalue weighted by Crippen LogP contribution is 2.29. The lowest BCUT2D eigenvalue weighted by atomic mass is 10.1. The Morgan fingerprint density at radius 1 is 1.08 bits per heavy atom. The van der Waals surface area contributed by atoms with E-state index >= 15 is 0 Å². The maximum Gasteiger partial charge on any atom is 0.253 e. The second-order valence-electron chi connectivity index (χ2n) is 6.41. The van der Waals surface area contributed by atoms with E-state index in [1.807, 2.05) is 66.4 Å². The van der Waals surface area contributed by atoms with E-state index in [4.69, 9.17) is 4.42 Å². The second kappa shape index (κ2) is 6.51. The molecule has 0 radical (unpaired) electrons. The molecule has 1 aliphatic heterocycles. The van der Waals surface area contributed by atoms with Crippen LogP contribution < -0.4 is 0 Å². The Kier molecular flexibility index (Phi) is 4.06. The van der Waals surface area contributed by atoms with E-state index in [0.717, 1.165) is 12.0 Å². The van der Waals surface area contributed by atoms with Crippen LogP contribution in [0.5, 0.6) is 0 Å². The number of hydrogen-bond acceptors (Lipinski definition) is 4. The normalized spacial score (nSPS) is 17.0. The Balaban J connectivity index is 1.47.